The Morgan fingerprint density at radius 3 is 2.38 bits per heavy atom. The van der Waals surface area contributed by atoms with Crippen LogP contribution in [-0.2, 0) is 19.6 Å². The van der Waals surface area contributed by atoms with Gasteiger partial charge < -0.3 is 19.3 Å². The van der Waals surface area contributed by atoms with E-state index in [1.807, 2.05) is 0 Å². The zero-order valence-corrected chi connectivity index (χ0v) is 17.9. The highest BCUT2D eigenvalue weighted by molar-refractivity contribution is 7.90. The van der Waals surface area contributed by atoms with Gasteiger partial charge in [-0.2, -0.15) is 9.97 Å². The van der Waals surface area contributed by atoms with Gasteiger partial charge in [-0.05, 0) is 19.1 Å². The third-order valence-electron chi connectivity index (χ3n) is 3.71. The van der Waals surface area contributed by atoms with Crippen LogP contribution in [0.4, 0.5) is 15.1 Å². The van der Waals surface area contributed by atoms with Crippen molar-refractivity contribution in [2.75, 3.05) is 26.1 Å². The number of carbonyl (C=O) groups is 2. The van der Waals surface area contributed by atoms with Crippen molar-refractivity contribution in [1.29, 1.82) is 0 Å². The fourth-order valence-corrected chi connectivity index (χ4v) is 3.47. The average Bonchev–Trinajstić information content (AvgIpc) is 2.76. The Kier molecular flexibility index (Phi) is 8.20. The van der Waals surface area contributed by atoms with Gasteiger partial charge >= 0.3 is 12.0 Å². The maximum atomic E-state index is 14.1. The molecule has 174 valence electrons. The number of nitrogens with one attached hydrogen (secondary N) is 2. The van der Waals surface area contributed by atoms with E-state index in [0.717, 1.165) is 19.2 Å². The van der Waals surface area contributed by atoms with Crippen molar-refractivity contribution in [3.8, 4) is 11.8 Å². The molecule has 3 N–H and O–H groups in total. The summed E-state index contributed by atoms with van der Waals surface area (Å²) in [5, 5.41) is 11.0. The second-order valence-electron chi connectivity index (χ2n) is 5.97. The molecule has 0 saturated heterocycles. The first-order chi connectivity index (χ1) is 15.1. The summed E-state index contributed by atoms with van der Waals surface area (Å²) in [6.45, 7) is -0.0448. The van der Waals surface area contributed by atoms with Crippen LogP contribution in [0.1, 0.15) is 18.7 Å². The second kappa shape index (κ2) is 10.6. The fraction of sp³-hybridized carbons (Fsp3) is 0.353. The van der Waals surface area contributed by atoms with Crippen LogP contribution in [0.25, 0.3) is 0 Å². The molecule has 2 atom stereocenters. The van der Waals surface area contributed by atoms with Crippen molar-refractivity contribution in [3.63, 3.8) is 0 Å². The molecule has 0 radical (unpaired) electrons. The lowest BCUT2D eigenvalue weighted by Gasteiger charge is -2.20. The maximum Gasteiger partial charge on any atom is 0.335 e. The van der Waals surface area contributed by atoms with E-state index in [1.54, 1.807) is 4.72 Å². The number of aliphatic hydroxyl groups is 1. The molecular formula is C17H20FN5O8S. The van der Waals surface area contributed by atoms with Gasteiger partial charge in [-0.1, -0.05) is 0 Å². The van der Waals surface area contributed by atoms with Crippen LogP contribution in [-0.4, -0.2) is 67.5 Å². The van der Waals surface area contributed by atoms with E-state index in [9.17, 15) is 22.4 Å². The topological polar surface area (TPSA) is 179 Å². The smallest absolute Gasteiger partial charge is 0.335 e. The number of hydrogen-bond acceptors (Lipinski definition) is 11. The van der Waals surface area contributed by atoms with E-state index in [4.69, 9.17) is 19.3 Å². The highest BCUT2D eigenvalue weighted by Crippen LogP contribution is 2.28. The fourth-order valence-electron chi connectivity index (χ4n) is 2.36. The van der Waals surface area contributed by atoms with E-state index in [0.29, 0.717) is 0 Å². The molecule has 2 heterocycles. The lowest BCUT2D eigenvalue weighted by atomic mass is 10.1. The van der Waals surface area contributed by atoms with Crippen LogP contribution in [0.2, 0.25) is 0 Å². The van der Waals surface area contributed by atoms with Crippen molar-refractivity contribution in [2.24, 2.45) is 0 Å². The van der Waals surface area contributed by atoms with Gasteiger partial charge in [0, 0.05) is 6.20 Å². The van der Waals surface area contributed by atoms with Gasteiger partial charge in [0.05, 0.1) is 20.3 Å². The number of carbonyl (C=O) groups excluding carboxylic acids is 2. The predicted octanol–water partition coefficient (Wildman–Crippen LogP) is 0.334. The van der Waals surface area contributed by atoms with Gasteiger partial charge in [0.2, 0.25) is 17.7 Å². The van der Waals surface area contributed by atoms with Crippen molar-refractivity contribution in [1.82, 2.24) is 19.7 Å². The Morgan fingerprint density at radius 1 is 1.22 bits per heavy atom. The van der Waals surface area contributed by atoms with E-state index in [1.165, 1.54) is 26.4 Å². The molecule has 0 aromatic carbocycles. The number of alkyl halides is 1. The molecule has 2 rings (SSSR count). The van der Waals surface area contributed by atoms with Crippen LogP contribution < -0.4 is 19.5 Å². The first-order valence-electron chi connectivity index (χ1n) is 8.81. The van der Waals surface area contributed by atoms with E-state index >= 15 is 0 Å². The number of urea groups is 1. The summed E-state index contributed by atoms with van der Waals surface area (Å²) in [5.74, 6) is -1.44. The number of halogens is 1. The summed E-state index contributed by atoms with van der Waals surface area (Å²) in [6, 6.07) is 2.32. The summed E-state index contributed by atoms with van der Waals surface area (Å²) >= 11 is 0. The lowest BCUT2D eigenvalue weighted by molar-refractivity contribution is -0.156. The van der Waals surface area contributed by atoms with Crippen LogP contribution in [0.15, 0.2) is 29.3 Å². The second-order valence-corrected chi connectivity index (χ2v) is 7.62. The third-order valence-corrected chi connectivity index (χ3v) is 5.09. The first-order valence-corrected chi connectivity index (χ1v) is 10.3. The van der Waals surface area contributed by atoms with Gasteiger partial charge in [-0.15, -0.1) is 0 Å². The Morgan fingerprint density at radius 2 is 1.84 bits per heavy atom. The highest BCUT2D eigenvalue weighted by Gasteiger charge is 2.32. The molecule has 2 aromatic rings. The van der Waals surface area contributed by atoms with Crippen molar-refractivity contribution in [2.45, 2.75) is 24.1 Å². The molecule has 0 fully saturated rings. The summed E-state index contributed by atoms with van der Waals surface area (Å²) in [6.07, 6.45) is -2.50. The summed E-state index contributed by atoms with van der Waals surface area (Å²) in [5.41, 5.74) is -0.483. The zero-order chi connectivity index (χ0) is 23.9. The molecule has 0 spiro atoms. The number of esters is 1. The molecule has 0 bridgehead atoms. The van der Waals surface area contributed by atoms with Gasteiger partial charge in [0.1, 0.15) is 23.4 Å². The van der Waals surface area contributed by atoms with Gasteiger partial charge in [-0.25, -0.2) is 27.1 Å². The van der Waals surface area contributed by atoms with Crippen LogP contribution in [0.5, 0.6) is 11.8 Å². The zero-order valence-electron chi connectivity index (χ0n) is 17.1. The minimum Gasteiger partial charge on any atom is -0.481 e. The van der Waals surface area contributed by atoms with E-state index in [2.05, 4.69) is 20.3 Å². The maximum absolute atomic E-state index is 14.1. The van der Waals surface area contributed by atoms with Crippen molar-refractivity contribution >= 4 is 28.0 Å². The molecule has 2 aromatic heterocycles. The van der Waals surface area contributed by atoms with Crippen LogP contribution in [0.3, 0.4) is 0 Å². The number of sulfonamides is 1. The number of ether oxygens (including phenoxy) is 3. The molecule has 2 amide bonds. The summed E-state index contributed by atoms with van der Waals surface area (Å²) in [7, 11) is -2.00. The molecule has 13 nitrogen and oxygen atoms in total. The Balaban J connectivity index is 2.31. The highest BCUT2D eigenvalue weighted by atomic mass is 32.2. The molecule has 15 heteroatoms. The Hall–Kier alpha value is -3.59. The number of nitrogens with zero attached hydrogens (tertiary/aromatic N) is 3. The van der Waals surface area contributed by atoms with Crippen molar-refractivity contribution in [3.05, 3.63) is 30.1 Å². The van der Waals surface area contributed by atoms with Crippen LogP contribution >= 0.6 is 0 Å². The minimum atomic E-state index is -4.63. The summed E-state index contributed by atoms with van der Waals surface area (Å²) in [4.78, 5) is 34.5. The standard InChI is InChI=1S/C17H20FN5O8S/c1-9(18)15(31-13(25)8-24)14-10(5-4-6-19-14)32(27,28)23-17(26)22-16-20-11(29-2)7-12(21-16)30-3/h4-7,9,15,24H,8H2,1-3H3,(H2,20,21,22,23,26). The molecular weight excluding hydrogens is 453 g/mol. The Labute approximate surface area is 182 Å². The van der Waals surface area contributed by atoms with E-state index < -0.39 is 51.5 Å². The molecule has 0 aliphatic carbocycles. The third kappa shape index (κ3) is 6.21. The van der Waals surface area contributed by atoms with E-state index in [-0.39, 0.29) is 17.7 Å². The number of aliphatic hydroxyl groups excluding tert-OH is 1. The number of methoxy groups -OCH3 is 2. The lowest BCUT2D eigenvalue weighted by Crippen LogP contribution is -2.36. The number of rotatable bonds is 9. The molecule has 32 heavy (non-hydrogen) atoms. The number of aromatic nitrogens is 3. The Bertz CT molecular complexity index is 1060. The van der Waals surface area contributed by atoms with Crippen LogP contribution in [0, 0.1) is 0 Å². The first kappa shape index (κ1) is 24.7. The summed E-state index contributed by atoms with van der Waals surface area (Å²) < 4.78 is 55.9. The molecule has 0 aliphatic rings. The largest absolute Gasteiger partial charge is 0.481 e. The number of amides is 2. The monoisotopic (exact) mass is 473 g/mol. The minimum absolute atomic E-state index is 0.0371. The molecule has 0 aliphatic heterocycles. The SMILES string of the molecule is COc1cc(OC)nc(NC(=O)NS(=O)(=O)c2cccnc2C(OC(=O)CO)C(C)F)n1. The number of anilines is 1. The number of pyridine rings is 1. The van der Waals surface area contributed by atoms with Gasteiger partial charge in [0.25, 0.3) is 10.0 Å². The average molecular weight is 473 g/mol. The van der Waals surface area contributed by atoms with Crippen molar-refractivity contribution < 1.29 is 41.7 Å². The molecule has 0 saturated carbocycles. The van der Waals surface area contributed by atoms with Gasteiger partial charge in [0.15, 0.2) is 6.10 Å². The number of hydrogen-bond donors (Lipinski definition) is 3. The quantitative estimate of drug-likeness (QED) is 0.427. The van der Waals surface area contributed by atoms with Gasteiger partial charge in [-0.3, -0.25) is 10.3 Å². The predicted molar refractivity (Wildman–Crippen MR) is 105 cm³/mol. The normalized spacial score (nSPS) is 12.9. The molecule has 2 unspecified atom stereocenters.